The molecule has 3 nitrogen and oxygen atoms in total. The second-order valence-electron chi connectivity index (χ2n) is 7.64. The van der Waals surface area contributed by atoms with Gasteiger partial charge in [0.15, 0.2) is 0 Å². The molecule has 100 valence electrons. The molecule has 0 bridgehead atoms. The lowest BCUT2D eigenvalue weighted by molar-refractivity contribution is 0.00251. The van der Waals surface area contributed by atoms with Gasteiger partial charge < -0.3 is 0 Å². The Balaban J connectivity index is 1.99. The summed E-state index contributed by atoms with van der Waals surface area (Å²) in [6, 6.07) is 0.785. The molecule has 3 heteroatoms. The Morgan fingerprint density at radius 2 is 1.35 bits per heavy atom. The van der Waals surface area contributed by atoms with E-state index in [0.717, 1.165) is 19.4 Å². The van der Waals surface area contributed by atoms with Gasteiger partial charge in [-0.2, -0.15) is 0 Å². The van der Waals surface area contributed by atoms with Crippen molar-refractivity contribution in [1.29, 1.82) is 0 Å². The van der Waals surface area contributed by atoms with E-state index >= 15 is 0 Å². The van der Waals surface area contributed by atoms with Crippen LogP contribution in [0.3, 0.4) is 0 Å². The molecule has 0 amide bonds. The van der Waals surface area contributed by atoms with Crippen LogP contribution in [0.4, 0.5) is 0 Å². The van der Waals surface area contributed by atoms with E-state index in [4.69, 9.17) is 0 Å². The van der Waals surface area contributed by atoms with E-state index in [1.807, 2.05) is 0 Å². The molecule has 0 radical (unpaired) electrons. The Labute approximate surface area is 107 Å². The standard InChI is InChI=1S/C14H29N3/c1-13(2,3)16-8-7-12-9-17(14(4,5)6)11-15(12)10-16/h12H,7-11H2,1-6H3. The van der Waals surface area contributed by atoms with Gasteiger partial charge in [0.25, 0.3) is 0 Å². The second kappa shape index (κ2) is 4.22. The summed E-state index contributed by atoms with van der Waals surface area (Å²) >= 11 is 0. The van der Waals surface area contributed by atoms with E-state index in [1.54, 1.807) is 0 Å². The van der Waals surface area contributed by atoms with Crippen LogP contribution < -0.4 is 0 Å². The predicted molar refractivity (Wildman–Crippen MR) is 72.9 cm³/mol. The molecule has 2 heterocycles. The van der Waals surface area contributed by atoms with Gasteiger partial charge in [-0.1, -0.05) is 0 Å². The van der Waals surface area contributed by atoms with Gasteiger partial charge in [-0.25, -0.2) is 0 Å². The lowest BCUT2D eigenvalue weighted by atomic mass is 10.0. The van der Waals surface area contributed by atoms with Crippen molar-refractivity contribution in [1.82, 2.24) is 14.7 Å². The number of rotatable bonds is 0. The molecule has 0 aromatic rings. The van der Waals surface area contributed by atoms with Crippen LogP contribution in [-0.4, -0.2) is 58.2 Å². The Kier molecular flexibility index (Phi) is 3.30. The minimum absolute atomic E-state index is 0.306. The number of nitrogens with zero attached hydrogens (tertiary/aromatic N) is 3. The molecule has 17 heavy (non-hydrogen) atoms. The lowest BCUT2D eigenvalue weighted by Gasteiger charge is -2.44. The molecule has 0 saturated carbocycles. The zero-order valence-electron chi connectivity index (χ0n) is 12.5. The van der Waals surface area contributed by atoms with Crippen LogP contribution in [0.15, 0.2) is 0 Å². The molecule has 0 aromatic carbocycles. The van der Waals surface area contributed by atoms with Gasteiger partial charge in [-0.15, -0.1) is 0 Å². The van der Waals surface area contributed by atoms with Crippen molar-refractivity contribution >= 4 is 0 Å². The monoisotopic (exact) mass is 239 g/mol. The largest absolute Gasteiger partial charge is 0.285 e. The summed E-state index contributed by atoms with van der Waals surface area (Å²) in [7, 11) is 0. The highest BCUT2D eigenvalue weighted by molar-refractivity contribution is 4.93. The van der Waals surface area contributed by atoms with Crippen LogP contribution in [0.5, 0.6) is 0 Å². The SMILES string of the molecule is CC(C)(C)N1CCC2CN(C(C)(C)C)CN2C1. The first-order chi connectivity index (χ1) is 7.68. The third-order valence-electron chi connectivity index (χ3n) is 4.28. The summed E-state index contributed by atoms with van der Waals surface area (Å²) in [5.74, 6) is 0. The van der Waals surface area contributed by atoms with Crippen molar-refractivity contribution in [2.24, 2.45) is 0 Å². The minimum Gasteiger partial charge on any atom is -0.285 e. The Morgan fingerprint density at radius 1 is 0.824 bits per heavy atom. The van der Waals surface area contributed by atoms with Crippen LogP contribution in [-0.2, 0) is 0 Å². The summed E-state index contributed by atoms with van der Waals surface area (Å²) in [6.07, 6.45) is 1.32. The zero-order valence-corrected chi connectivity index (χ0v) is 12.5. The third-order valence-corrected chi connectivity index (χ3v) is 4.28. The van der Waals surface area contributed by atoms with Gasteiger partial charge in [0.1, 0.15) is 0 Å². The van der Waals surface area contributed by atoms with Crippen molar-refractivity contribution in [3.63, 3.8) is 0 Å². The van der Waals surface area contributed by atoms with Crippen molar-refractivity contribution in [2.45, 2.75) is 65.1 Å². The average molecular weight is 239 g/mol. The first kappa shape index (κ1) is 13.3. The highest BCUT2D eigenvalue weighted by Crippen LogP contribution is 2.29. The highest BCUT2D eigenvalue weighted by atomic mass is 15.5. The van der Waals surface area contributed by atoms with E-state index in [1.165, 1.54) is 19.5 Å². The zero-order chi connectivity index (χ0) is 12.8. The molecule has 2 aliphatic rings. The van der Waals surface area contributed by atoms with Gasteiger partial charge in [-0.3, -0.25) is 14.7 Å². The Morgan fingerprint density at radius 3 is 1.88 bits per heavy atom. The maximum atomic E-state index is 2.65. The van der Waals surface area contributed by atoms with E-state index in [-0.39, 0.29) is 0 Å². The maximum absolute atomic E-state index is 2.65. The molecule has 0 spiro atoms. The van der Waals surface area contributed by atoms with E-state index in [0.29, 0.717) is 11.1 Å². The van der Waals surface area contributed by atoms with Gasteiger partial charge >= 0.3 is 0 Å². The lowest BCUT2D eigenvalue weighted by Crippen LogP contribution is -2.54. The molecule has 1 unspecified atom stereocenters. The highest BCUT2D eigenvalue weighted by Gasteiger charge is 2.40. The summed E-state index contributed by atoms with van der Waals surface area (Å²) in [4.78, 5) is 7.87. The van der Waals surface area contributed by atoms with Crippen molar-refractivity contribution in [3.05, 3.63) is 0 Å². The van der Waals surface area contributed by atoms with E-state index < -0.39 is 0 Å². The average Bonchev–Trinajstić information content (AvgIpc) is 2.57. The molecule has 0 aliphatic carbocycles. The fourth-order valence-corrected chi connectivity index (χ4v) is 2.82. The van der Waals surface area contributed by atoms with E-state index in [9.17, 15) is 0 Å². The van der Waals surface area contributed by atoms with Gasteiger partial charge in [0.2, 0.25) is 0 Å². The Bertz CT molecular complexity index is 262. The molecule has 2 rings (SSSR count). The maximum Gasteiger partial charge on any atom is 0.0527 e. The summed E-state index contributed by atoms with van der Waals surface area (Å²) in [5, 5.41) is 0. The first-order valence-corrected chi connectivity index (χ1v) is 6.92. The number of hydrogen-bond acceptors (Lipinski definition) is 3. The number of hydrogen-bond donors (Lipinski definition) is 0. The molecular formula is C14H29N3. The van der Waals surface area contributed by atoms with Crippen LogP contribution in [0, 0.1) is 0 Å². The molecule has 2 aliphatic heterocycles. The second-order valence-corrected chi connectivity index (χ2v) is 7.64. The van der Waals surface area contributed by atoms with Crippen LogP contribution in [0.2, 0.25) is 0 Å². The summed E-state index contributed by atoms with van der Waals surface area (Å²) < 4.78 is 0. The fraction of sp³-hybridized carbons (Fsp3) is 1.00. The molecular weight excluding hydrogens is 210 g/mol. The van der Waals surface area contributed by atoms with E-state index in [2.05, 4.69) is 56.2 Å². The van der Waals surface area contributed by atoms with Crippen LogP contribution in [0.1, 0.15) is 48.0 Å². The van der Waals surface area contributed by atoms with Crippen molar-refractivity contribution in [2.75, 3.05) is 26.4 Å². The molecule has 0 N–H and O–H groups in total. The van der Waals surface area contributed by atoms with Crippen molar-refractivity contribution in [3.8, 4) is 0 Å². The summed E-state index contributed by atoms with van der Waals surface area (Å²) in [5.41, 5.74) is 0.615. The fourth-order valence-electron chi connectivity index (χ4n) is 2.82. The molecule has 1 atom stereocenters. The first-order valence-electron chi connectivity index (χ1n) is 6.92. The molecule has 0 aromatic heterocycles. The van der Waals surface area contributed by atoms with Gasteiger partial charge in [-0.05, 0) is 48.0 Å². The minimum atomic E-state index is 0.306. The molecule has 2 fully saturated rings. The summed E-state index contributed by atoms with van der Waals surface area (Å²) in [6.45, 7) is 18.7. The van der Waals surface area contributed by atoms with Crippen LogP contribution >= 0.6 is 0 Å². The smallest absolute Gasteiger partial charge is 0.0527 e. The topological polar surface area (TPSA) is 9.72 Å². The quantitative estimate of drug-likeness (QED) is 0.641. The third kappa shape index (κ3) is 2.83. The normalized spacial score (nSPS) is 29.6. The predicted octanol–water partition coefficient (Wildman–Crippen LogP) is 2.19. The van der Waals surface area contributed by atoms with Gasteiger partial charge in [0.05, 0.1) is 13.3 Å². The number of fused-ring (bicyclic) bond motifs is 1. The van der Waals surface area contributed by atoms with Crippen LogP contribution in [0.25, 0.3) is 0 Å². The van der Waals surface area contributed by atoms with Gasteiger partial charge in [0, 0.05) is 30.2 Å². The van der Waals surface area contributed by atoms with Crippen molar-refractivity contribution < 1.29 is 0 Å². The molecule has 2 saturated heterocycles. The Hall–Kier alpha value is -0.120.